The van der Waals surface area contributed by atoms with Crippen LogP contribution in [0.3, 0.4) is 0 Å². The lowest BCUT2D eigenvalue weighted by Gasteiger charge is -2.16. The lowest BCUT2D eigenvalue weighted by atomic mass is 10.1. The van der Waals surface area contributed by atoms with Gasteiger partial charge in [0, 0.05) is 33.3 Å². The number of hydrogen-bond acceptors (Lipinski definition) is 4. The van der Waals surface area contributed by atoms with Gasteiger partial charge in [0.05, 0.1) is 18.2 Å². The van der Waals surface area contributed by atoms with E-state index < -0.39 is 0 Å². The van der Waals surface area contributed by atoms with Crippen molar-refractivity contribution in [3.05, 3.63) is 35.4 Å². The summed E-state index contributed by atoms with van der Waals surface area (Å²) in [5.41, 5.74) is 1.80. The zero-order valence-corrected chi connectivity index (χ0v) is 11.1. The molecule has 0 amide bonds. The van der Waals surface area contributed by atoms with Gasteiger partial charge in [0.2, 0.25) is 0 Å². The van der Waals surface area contributed by atoms with Crippen LogP contribution in [0.5, 0.6) is 0 Å². The topological polar surface area (TPSA) is 48.3 Å². The first-order valence-corrected chi connectivity index (χ1v) is 6.14. The van der Waals surface area contributed by atoms with Crippen molar-refractivity contribution in [1.29, 1.82) is 5.26 Å². The molecule has 0 heterocycles. The number of hydrogen-bond donors (Lipinski definition) is 1. The summed E-state index contributed by atoms with van der Waals surface area (Å²) in [6.07, 6.45) is 0. The second-order valence-electron chi connectivity index (χ2n) is 4.24. The van der Waals surface area contributed by atoms with Gasteiger partial charge in [0.1, 0.15) is 0 Å². The van der Waals surface area contributed by atoms with Crippen molar-refractivity contribution >= 4 is 0 Å². The molecule has 0 aliphatic carbocycles. The maximum absolute atomic E-state index is 8.96. The van der Waals surface area contributed by atoms with E-state index in [1.165, 1.54) is 0 Å². The monoisotopic (exact) mass is 247 g/mol. The van der Waals surface area contributed by atoms with Gasteiger partial charge in [-0.05, 0) is 18.7 Å². The summed E-state index contributed by atoms with van der Waals surface area (Å²) in [5.74, 6) is 0. The van der Waals surface area contributed by atoms with Crippen molar-refractivity contribution < 1.29 is 4.74 Å². The molecule has 1 aromatic rings. The minimum atomic E-state index is 0.738. The number of nitrogens with zero attached hydrogens (tertiary/aromatic N) is 2. The molecule has 4 heteroatoms. The minimum Gasteiger partial charge on any atom is -0.383 e. The first-order chi connectivity index (χ1) is 8.77. The van der Waals surface area contributed by atoms with Crippen LogP contribution >= 0.6 is 0 Å². The van der Waals surface area contributed by atoms with E-state index in [2.05, 4.69) is 23.3 Å². The zero-order chi connectivity index (χ0) is 13.2. The summed E-state index contributed by atoms with van der Waals surface area (Å²) < 4.78 is 5.02. The van der Waals surface area contributed by atoms with E-state index in [1.807, 2.05) is 24.3 Å². The molecule has 4 nitrogen and oxygen atoms in total. The molecule has 0 fully saturated rings. The third-order valence-electron chi connectivity index (χ3n) is 2.80. The Morgan fingerprint density at radius 1 is 1.33 bits per heavy atom. The molecule has 0 aromatic heterocycles. The van der Waals surface area contributed by atoms with Gasteiger partial charge in [0.15, 0.2) is 0 Å². The molecule has 1 aromatic carbocycles. The number of benzene rings is 1. The van der Waals surface area contributed by atoms with Gasteiger partial charge >= 0.3 is 0 Å². The SMILES string of the molecule is COCCN(C)CCNCc1ccccc1C#N. The van der Waals surface area contributed by atoms with Gasteiger partial charge in [-0.15, -0.1) is 0 Å². The summed E-state index contributed by atoms with van der Waals surface area (Å²) in [7, 11) is 3.79. The van der Waals surface area contributed by atoms with E-state index in [0.717, 1.165) is 43.9 Å². The summed E-state index contributed by atoms with van der Waals surface area (Å²) in [6, 6.07) is 9.89. The number of nitriles is 1. The smallest absolute Gasteiger partial charge is 0.0995 e. The van der Waals surface area contributed by atoms with Gasteiger partial charge < -0.3 is 15.0 Å². The molecule has 0 radical (unpaired) electrons. The Kier molecular flexibility index (Phi) is 7.04. The molecule has 0 spiro atoms. The predicted molar refractivity (Wildman–Crippen MR) is 72.2 cm³/mol. The molecule has 0 aliphatic rings. The summed E-state index contributed by atoms with van der Waals surface area (Å²) in [5, 5.41) is 12.3. The number of methoxy groups -OCH3 is 1. The van der Waals surface area contributed by atoms with Crippen LogP contribution in [0.25, 0.3) is 0 Å². The molecule has 0 saturated carbocycles. The molecule has 0 bridgehead atoms. The highest BCUT2D eigenvalue weighted by Crippen LogP contribution is 2.06. The van der Waals surface area contributed by atoms with Crippen LogP contribution in [0.1, 0.15) is 11.1 Å². The average Bonchev–Trinajstić information content (AvgIpc) is 2.41. The van der Waals surface area contributed by atoms with E-state index >= 15 is 0 Å². The Morgan fingerprint density at radius 3 is 2.83 bits per heavy atom. The van der Waals surface area contributed by atoms with Crippen LogP contribution < -0.4 is 5.32 Å². The van der Waals surface area contributed by atoms with Crippen LogP contribution in [0.15, 0.2) is 24.3 Å². The van der Waals surface area contributed by atoms with Crippen molar-refractivity contribution in [1.82, 2.24) is 10.2 Å². The molecule has 0 unspecified atom stereocenters. The Bertz CT molecular complexity index is 387. The maximum Gasteiger partial charge on any atom is 0.0995 e. The van der Waals surface area contributed by atoms with Gasteiger partial charge in [-0.1, -0.05) is 18.2 Å². The van der Waals surface area contributed by atoms with E-state index in [-0.39, 0.29) is 0 Å². The predicted octanol–water partition coefficient (Wildman–Crippen LogP) is 1.23. The molecular formula is C14H21N3O. The first-order valence-electron chi connectivity index (χ1n) is 6.14. The fourth-order valence-corrected chi connectivity index (χ4v) is 1.64. The highest BCUT2D eigenvalue weighted by atomic mass is 16.5. The van der Waals surface area contributed by atoms with Gasteiger partial charge in [-0.2, -0.15) is 5.26 Å². The molecule has 1 N–H and O–H groups in total. The molecule has 0 saturated heterocycles. The Morgan fingerprint density at radius 2 is 2.11 bits per heavy atom. The van der Waals surface area contributed by atoms with Crippen LogP contribution in [-0.2, 0) is 11.3 Å². The quantitative estimate of drug-likeness (QED) is 0.702. The van der Waals surface area contributed by atoms with Crippen LogP contribution in [0.4, 0.5) is 0 Å². The van der Waals surface area contributed by atoms with Crippen LogP contribution in [0.2, 0.25) is 0 Å². The van der Waals surface area contributed by atoms with E-state index in [0.29, 0.717) is 0 Å². The van der Waals surface area contributed by atoms with Gasteiger partial charge in [-0.3, -0.25) is 0 Å². The number of rotatable bonds is 8. The molecule has 0 aliphatic heterocycles. The maximum atomic E-state index is 8.96. The molecule has 1 rings (SSSR count). The summed E-state index contributed by atoms with van der Waals surface area (Å²) in [6.45, 7) is 4.31. The number of ether oxygens (including phenoxy) is 1. The Hall–Kier alpha value is -1.41. The van der Waals surface area contributed by atoms with Crippen molar-refractivity contribution in [2.45, 2.75) is 6.54 Å². The first kappa shape index (κ1) is 14.7. The van der Waals surface area contributed by atoms with E-state index in [1.54, 1.807) is 7.11 Å². The van der Waals surface area contributed by atoms with Crippen LogP contribution in [0, 0.1) is 11.3 Å². The lowest BCUT2D eigenvalue weighted by molar-refractivity contribution is 0.161. The van der Waals surface area contributed by atoms with E-state index in [4.69, 9.17) is 10.00 Å². The highest BCUT2D eigenvalue weighted by molar-refractivity contribution is 5.37. The fraction of sp³-hybridized carbons (Fsp3) is 0.500. The number of likely N-dealkylation sites (N-methyl/N-ethyl adjacent to an activating group) is 1. The highest BCUT2D eigenvalue weighted by Gasteiger charge is 2.00. The van der Waals surface area contributed by atoms with E-state index in [9.17, 15) is 0 Å². The average molecular weight is 247 g/mol. The minimum absolute atomic E-state index is 0.738. The number of nitrogens with one attached hydrogen (secondary N) is 1. The summed E-state index contributed by atoms with van der Waals surface area (Å²) in [4.78, 5) is 2.21. The normalized spacial score (nSPS) is 10.6. The van der Waals surface area contributed by atoms with Crippen LogP contribution in [-0.4, -0.2) is 45.3 Å². The Labute approximate surface area is 109 Å². The van der Waals surface area contributed by atoms with Crippen molar-refractivity contribution in [3.63, 3.8) is 0 Å². The van der Waals surface area contributed by atoms with Crippen molar-refractivity contribution in [2.24, 2.45) is 0 Å². The lowest BCUT2D eigenvalue weighted by Crippen LogP contribution is -2.31. The molecule has 0 atom stereocenters. The van der Waals surface area contributed by atoms with Crippen molar-refractivity contribution in [3.8, 4) is 6.07 Å². The largest absolute Gasteiger partial charge is 0.383 e. The fourth-order valence-electron chi connectivity index (χ4n) is 1.64. The standard InChI is InChI=1S/C14H21N3O/c1-17(9-10-18-2)8-7-16-12-14-6-4-3-5-13(14)11-15/h3-6,16H,7-10,12H2,1-2H3. The second kappa shape index (κ2) is 8.65. The molecular weight excluding hydrogens is 226 g/mol. The third kappa shape index (κ3) is 5.28. The van der Waals surface area contributed by atoms with Gasteiger partial charge in [-0.25, -0.2) is 0 Å². The summed E-state index contributed by atoms with van der Waals surface area (Å²) >= 11 is 0. The molecule has 98 valence electrons. The zero-order valence-electron chi connectivity index (χ0n) is 11.1. The van der Waals surface area contributed by atoms with Gasteiger partial charge in [0.25, 0.3) is 0 Å². The second-order valence-corrected chi connectivity index (χ2v) is 4.24. The Balaban J connectivity index is 2.24. The molecule has 18 heavy (non-hydrogen) atoms. The van der Waals surface area contributed by atoms with Crippen molar-refractivity contribution in [2.75, 3.05) is 40.4 Å². The third-order valence-corrected chi connectivity index (χ3v) is 2.80.